The molecule has 9 nitrogen and oxygen atoms in total. The van der Waals surface area contributed by atoms with Gasteiger partial charge in [-0.05, 0) is 80.7 Å². The van der Waals surface area contributed by atoms with Gasteiger partial charge < -0.3 is 21.7 Å². The Morgan fingerprint density at radius 1 is 1.00 bits per heavy atom. The van der Waals surface area contributed by atoms with Gasteiger partial charge in [-0.1, -0.05) is 24.3 Å². The molecule has 3 heterocycles. The number of aryl methyl sites for hydroxylation is 2. The van der Waals surface area contributed by atoms with Crippen molar-refractivity contribution >= 4 is 29.4 Å². The van der Waals surface area contributed by atoms with Gasteiger partial charge in [0.05, 0.1) is 12.2 Å². The predicted octanol–water partition coefficient (Wildman–Crippen LogP) is 5.47. The number of aromatic nitrogens is 2. The normalized spacial score (nSPS) is 15.1. The number of halogens is 3. The smallest absolute Gasteiger partial charge is 0.328 e. The van der Waals surface area contributed by atoms with Crippen molar-refractivity contribution in [3.8, 4) is 22.4 Å². The van der Waals surface area contributed by atoms with Gasteiger partial charge in [-0.2, -0.15) is 4.98 Å². The molecule has 3 amide bonds. The lowest BCUT2D eigenvalue weighted by Gasteiger charge is -2.31. The van der Waals surface area contributed by atoms with Gasteiger partial charge in [-0.25, -0.2) is 27.8 Å². The molecule has 0 atom stereocenters. The molecule has 0 saturated carbocycles. The summed E-state index contributed by atoms with van der Waals surface area (Å²) in [6.07, 6.45) is 1.58. The number of nitrogens with zero attached hydrogens (tertiary/aromatic N) is 3. The average molecular weight is 602 g/mol. The standard InChI is InChI=1S/C32H30F3N7O2/c1-16-6-8-18(25-20(29(36)43)9-7-17(2)26(25)35)14-21(16)27-22-15-38-32(44)42(28-23(33)4-3-5-24(28)34)30(22)41-31(40-27)39-19-10-12-37-13-11-19/h3-9,14,19,37H,10-13,15H2,1-2H3,(H2,36,43)(H,38,44)(H,39,40,41). The summed E-state index contributed by atoms with van der Waals surface area (Å²) < 4.78 is 45.7. The molecule has 0 spiro atoms. The van der Waals surface area contributed by atoms with Gasteiger partial charge >= 0.3 is 6.03 Å². The van der Waals surface area contributed by atoms with E-state index in [1.165, 1.54) is 18.2 Å². The van der Waals surface area contributed by atoms with E-state index in [2.05, 4.69) is 20.9 Å². The van der Waals surface area contributed by atoms with Gasteiger partial charge in [0.1, 0.15) is 23.1 Å². The number of nitrogens with one attached hydrogen (secondary N) is 3. The van der Waals surface area contributed by atoms with Crippen LogP contribution in [-0.2, 0) is 6.54 Å². The van der Waals surface area contributed by atoms with Crippen molar-refractivity contribution in [1.29, 1.82) is 0 Å². The number of urea groups is 1. The summed E-state index contributed by atoms with van der Waals surface area (Å²) in [5.74, 6) is -3.04. The summed E-state index contributed by atoms with van der Waals surface area (Å²) in [6.45, 7) is 4.98. The Morgan fingerprint density at radius 2 is 1.70 bits per heavy atom. The molecule has 6 rings (SSSR count). The Labute approximate surface area is 251 Å². The summed E-state index contributed by atoms with van der Waals surface area (Å²) >= 11 is 0. The Morgan fingerprint density at radius 3 is 2.41 bits per heavy atom. The van der Waals surface area contributed by atoms with E-state index >= 15 is 13.2 Å². The number of amides is 3. The molecular weight excluding hydrogens is 571 g/mol. The van der Waals surface area contributed by atoms with E-state index < -0.39 is 35.1 Å². The Balaban J connectivity index is 1.58. The summed E-state index contributed by atoms with van der Waals surface area (Å²) in [6, 6.07) is 10.7. The molecule has 3 aromatic carbocycles. The number of carbonyl (C=O) groups excluding carboxylic acids is 2. The summed E-state index contributed by atoms with van der Waals surface area (Å²) in [5.41, 5.74) is 7.93. The van der Waals surface area contributed by atoms with Gasteiger partial charge in [-0.15, -0.1) is 0 Å². The lowest BCUT2D eigenvalue weighted by molar-refractivity contribution is 0.100. The molecule has 1 fully saturated rings. The Kier molecular flexibility index (Phi) is 7.68. The first-order valence-electron chi connectivity index (χ1n) is 14.2. The van der Waals surface area contributed by atoms with Crippen molar-refractivity contribution in [1.82, 2.24) is 20.6 Å². The van der Waals surface area contributed by atoms with Crippen LogP contribution in [0, 0.1) is 31.3 Å². The number of rotatable bonds is 6. The molecule has 0 aliphatic carbocycles. The summed E-state index contributed by atoms with van der Waals surface area (Å²) in [4.78, 5) is 35.8. The highest BCUT2D eigenvalue weighted by Gasteiger charge is 2.34. The van der Waals surface area contributed by atoms with E-state index in [1.807, 2.05) is 6.92 Å². The van der Waals surface area contributed by atoms with Gasteiger partial charge in [0.15, 0.2) is 5.82 Å². The second-order valence-electron chi connectivity index (χ2n) is 10.9. The van der Waals surface area contributed by atoms with Crippen LogP contribution in [-0.4, -0.2) is 41.0 Å². The molecule has 2 aliphatic rings. The fraction of sp³-hybridized carbons (Fsp3) is 0.250. The topological polar surface area (TPSA) is 125 Å². The molecule has 2 aliphatic heterocycles. The van der Waals surface area contributed by atoms with Crippen molar-refractivity contribution in [3.63, 3.8) is 0 Å². The number of primary amides is 1. The quantitative estimate of drug-likeness (QED) is 0.232. The Hall–Kier alpha value is -4.97. The van der Waals surface area contributed by atoms with Gasteiger partial charge in [0.2, 0.25) is 11.9 Å². The number of benzene rings is 3. The first-order valence-corrected chi connectivity index (χ1v) is 14.2. The Bertz CT molecular complexity index is 1790. The number of piperidine rings is 1. The lowest BCUT2D eigenvalue weighted by atomic mass is 9.91. The van der Waals surface area contributed by atoms with Crippen LogP contribution in [0.5, 0.6) is 0 Å². The third-order valence-corrected chi connectivity index (χ3v) is 8.03. The predicted molar refractivity (Wildman–Crippen MR) is 161 cm³/mol. The van der Waals surface area contributed by atoms with Crippen LogP contribution >= 0.6 is 0 Å². The van der Waals surface area contributed by atoms with E-state index in [1.54, 1.807) is 25.1 Å². The van der Waals surface area contributed by atoms with Gasteiger partial charge in [0.25, 0.3) is 0 Å². The van der Waals surface area contributed by atoms with Crippen molar-refractivity contribution in [2.45, 2.75) is 39.3 Å². The molecule has 1 saturated heterocycles. The molecule has 44 heavy (non-hydrogen) atoms. The minimum Gasteiger partial charge on any atom is -0.366 e. The van der Waals surface area contributed by atoms with E-state index in [9.17, 15) is 9.59 Å². The van der Waals surface area contributed by atoms with E-state index in [-0.39, 0.29) is 35.5 Å². The number of hydrogen-bond acceptors (Lipinski definition) is 6. The molecule has 5 N–H and O–H groups in total. The van der Waals surface area contributed by atoms with Crippen LogP contribution in [0.15, 0.2) is 48.5 Å². The molecule has 12 heteroatoms. The van der Waals surface area contributed by atoms with E-state index in [0.717, 1.165) is 48.5 Å². The molecule has 1 aromatic heterocycles. The highest BCUT2D eigenvalue weighted by molar-refractivity contribution is 6.03. The molecule has 4 aromatic rings. The van der Waals surface area contributed by atoms with Crippen molar-refractivity contribution < 1.29 is 22.8 Å². The van der Waals surface area contributed by atoms with Crippen LogP contribution in [0.25, 0.3) is 22.4 Å². The van der Waals surface area contributed by atoms with Crippen molar-refractivity contribution in [2.75, 3.05) is 23.3 Å². The fourth-order valence-electron chi connectivity index (χ4n) is 5.71. The number of para-hydroxylation sites is 1. The third kappa shape index (κ3) is 5.21. The maximum Gasteiger partial charge on any atom is 0.328 e. The third-order valence-electron chi connectivity index (χ3n) is 8.03. The minimum atomic E-state index is -0.937. The largest absolute Gasteiger partial charge is 0.366 e. The average Bonchev–Trinajstić information content (AvgIpc) is 3.00. The monoisotopic (exact) mass is 601 g/mol. The van der Waals surface area contributed by atoms with Crippen LogP contribution in [0.3, 0.4) is 0 Å². The molecule has 0 bridgehead atoms. The molecule has 0 unspecified atom stereocenters. The zero-order valence-electron chi connectivity index (χ0n) is 24.1. The fourth-order valence-corrected chi connectivity index (χ4v) is 5.71. The van der Waals surface area contributed by atoms with Gasteiger partial charge in [-0.3, -0.25) is 4.79 Å². The zero-order chi connectivity index (χ0) is 31.1. The second-order valence-corrected chi connectivity index (χ2v) is 10.9. The summed E-state index contributed by atoms with van der Waals surface area (Å²) in [7, 11) is 0. The number of carbonyl (C=O) groups is 2. The number of anilines is 3. The van der Waals surface area contributed by atoms with Crippen LogP contribution < -0.4 is 26.6 Å². The first-order chi connectivity index (χ1) is 21.1. The highest BCUT2D eigenvalue weighted by atomic mass is 19.1. The van der Waals surface area contributed by atoms with Crippen LogP contribution in [0.4, 0.5) is 35.4 Å². The number of hydrogen-bond donors (Lipinski definition) is 4. The van der Waals surface area contributed by atoms with Gasteiger partial charge in [0, 0.05) is 28.3 Å². The summed E-state index contributed by atoms with van der Waals surface area (Å²) in [5, 5.41) is 9.31. The maximum atomic E-state index is 15.5. The second kappa shape index (κ2) is 11.6. The zero-order valence-corrected chi connectivity index (χ0v) is 24.1. The lowest BCUT2D eigenvalue weighted by Crippen LogP contribution is -2.43. The van der Waals surface area contributed by atoms with Crippen molar-refractivity contribution in [2.24, 2.45) is 5.73 Å². The van der Waals surface area contributed by atoms with Crippen LogP contribution in [0.1, 0.15) is 39.9 Å². The highest BCUT2D eigenvalue weighted by Crippen LogP contribution is 2.41. The molecule has 226 valence electrons. The SMILES string of the molecule is Cc1ccc(-c2c(C(N)=O)ccc(C)c2F)cc1-c1nc(NC2CCNCC2)nc2c1CNC(=O)N2c1c(F)cccc1F. The number of fused-ring (bicyclic) bond motifs is 1. The minimum absolute atomic E-state index is 0.0172. The maximum absolute atomic E-state index is 15.5. The first kappa shape index (κ1) is 29.1. The van der Waals surface area contributed by atoms with Crippen LogP contribution in [0.2, 0.25) is 0 Å². The van der Waals surface area contributed by atoms with E-state index in [4.69, 9.17) is 10.7 Å². The molecular formula is C32H30F3N7O2. The molecule has 0 radical (unpaired) electrons. The number of nitrogens with two attached hydrogens (primary N) is 1. The van der Waals surface area contributed by atoms with Crippen molar-refractivity contribution in [3.05, 3.63) is 88.2 Å². The van der Waals surface area contributed by atoms with E-state index in [0.29, 0.717) is 27.9 Å².